The molecule has 142 valence electrons. The third-order valence-corrected chi connectivity index (χ3v) is 4.03. The summed E-state index contributed by atoms with van der Waals surface area (Å²) in [5.41, 5.74) is 0.959. The van der Waals surface area contributed by atoms with Crippen LogP contribution in [0.25, 0.3) is 6.08 Å². The van der Waals surface area contributed by atoms with Gasteiger partial charge in [-0.1, -0.05) is 6.07 Å². The number of furan rings is 1. The van der Waals surface area contributed by atoms with Gasteiger partial charge >= 0.3 is 0 Å². The van der Waals surface area contributed by atoms with Gasteiger partial charge in [-0.25, -0.2) is 0 Å². The standard InChI is InChI=1S/C20H22N2O5/c1-22(14-15-4-6-17-18(13-15)27-12-11-26-17)20(24)8-9-21-19(23)7-5-16-3-2-10-25-16/h2-7,10,13H,8-9,11-12,14H2,1H3,(H,21,23)/b7-5+. The van der Waals surface area contributed by atoms with E-state index in [2.05, 4.69) is 5.32 Å². The monoisotopic (exact) mass is 370 g/mol. The van der Waals surface area contributed by atoms with Crippen molar-refractivity contribution < 1.29 is 23.5 Å². The number of nitrogens with zero attached hydrogens (tertiary/aromatic N) is 1. The van der Waals surface area contributed by atoms with E-state index in [1.54, 1.807) is 30.2 Å². The largest absolute Gasteiger partial charge is 0.486 e. The summed E-state index contributed by atoms with van der Waals surface area (Å²) in [4.78, 5) is 25.6. The highest BCUT2D eigenvalue weighted by Gasteiger charge is 2.14. The summed E-state index contributed by atoms with van der Waals surface area (Å²) in [6.45, 7) is 1.81. The quantitative estimate of drug-likeness (QED) is 0.756. The van der Waals surface area contributed by atoms with Crippen LogP contribution in [0.4, 0.5) is 0 Å². The van der Waals surface area contributed by atoms with Crippen molar-refractivity contribution in [3.63, 3.8) is 0 Å². The van der Waals surface area contributed by atoms with Crippen molar-refractivity contribution in [2.75, 3.05) is 26.8 Å². The van der Waals surface area contributed by atoms with Gasteiger partial charge in [0.1, 0.15) is 19.0 Å². The number of carbonyl (C=O) groups excluding carboxylic acids is 2. The Morgan fingerprint density at radius 2 is 2.00 bits per heavy atom. The average molecular weight is 370 g/mol. The van der Waals surface area contributed by atoms with Crippen molar-refractivity contribution in [2.45, 2.75) is 13.0 Å². The lowest BCUT2D eigenvalue weighted by Crippen LogP contribution is -2.31. The van der Waals surface area contributed by atoms with Gasteiger partial charge in [-0.2, -0.15) is 0 Å². The normalized spacial score (nSPS) is 12.8. The van der Waals surface area contributed by atoms with Crippen LogP contribution in [-0.4, -0.2) is 43.5 Å². The second-order valence-corrected chi connectivity index (χ2v) is 6.12. The second-order valence-electron chi connectivity index (χ2n) is 6.12. The van der Waals surface area contributed by atoms with Gasteiger partial charge < -0.3 is 24.1 Å². The van der Waals surface area contributed by atoms with Gasteiger partial charge in [0.2, 0.25) is 11.8 Å². The zero-order chi connectivity index (χ0) is 19.1. The highest BCUT2D eigenvalue weighted by atomic mass is 16.6. The van der Waals surface area contributed by atoms with E-state index in [-0.39, 0.29) is 24.8 Å². The smallest absolute Gasteiger partial charge is 0.244 e. The first kappa shape index (κ1) is 18.6. The fourth-order valence-electron chi connectivity index (χ4n) is 2.63. The molecule has 0 spiro atoms. The van der Waals surface area contributed by atoms with Crippen LogP contribution >= 0.6 is 0 Å². The Hall–Kier alpha value is -3.22. The Bertz CT molecular complexity index is 814. The first-order chi connectivity index (χ1) is 13.1. The summed E-state index contributed by atoms with van der Waals surface area (Å²) in [5.74, 6) is 1.70. The van der Waals surface area contributed by atoms with Crippen molar-refractivity contribution >= 4 is 17.9 Å². The van der Waals surface area contributed by atoms with Crippen LogP contribution in [0.3, 0.4) is 0 Å². The number of hydrogen-bond donors (Lipinski definition) is 1. The van der Waals surface area contributed by atoms with Crippen LogP contribution in [0.5, 0.6) is 11.5 Å². The molecular weight excluding hydrogens is 348 g/mol. The van der Waals surface area contributed by atoms with E-state index >= 15 is 0 Å². The number of fused-ring (bicyclic) bond motifs is 1. The van der Waals surface area contributed by atoms with Crippen molar-refractivity contribution in [1.82, 2.24) is 10.2 Å². The molecule has 0 saturated carbocycles. The minimum absolute atomic E-state index is 0.0554. The van der Waals surface area contributed by atoms with Crippen molar-refractivity contribution in [2.24, 2.45) is 0 Å². The van der Waals surface area contributed by atoms with Gasteiger partial charge in [-0.15, -0.1) is 0 Å². The van der Waals surface area contributed by atoms with Crippen LogP contribution in [0.1, 0.15) is 17.7 Å². The van der Waals surface area contributed by atoms with Gasteiger partial charge in [0.25, 0.3) is 0 Å². The Balaban J connectivity index is 1.42. The second kappa shape index (κ2) is 8.93. The average Bonchev–Trinajstić information content (AvgIpc) is 3.20. The molecule has 2 heterocycles. The molecule has 0 bridgehead atoms. The molecule has 0 radical (unpaired) electrons. The Labute approximate surface area is 157 Å². The topological polar surface area (TPSA) is 81.0 Å². The van der Waals surface area contributed by atoms with Crippen LogP contribution in [-0.2, 0) is 16.1 Å². The predicted molar refractivity (Wildman–Crippen MR) is 99.3 cm³/mol. The van der Waals surface area contributed by atoms with Gasteiger partial charge in [-0.3, -0.25) is 9.59 Å². The summed E-state index contributed by atoms with van der Waals surface area (Å²) in [5, 5.41) is 2.68. The molecule has 2 amide bonds. The van der Waals surface area contributed by atoms with E-state index < -0.39 is 0 Å². The number of rotatable bonds is 7. The number of benzene rings is 1. The van der Waals surface area contributed by atoms with Crippen molar-refractivity contribution in [3.8, 4) is 11.5 Å². The highest BCUT2D eigenvalue weighted by molar-refractivity contribution is 5.91. The van der Waals surface area contributed by atoms with E-state index in [9.17, 15) is 9.59 Å². The molecule has 1 aliphatic rings. The van der Waals surface area contributed by atoms with Crippen LogP contribution in [0.2, 0.25) is 0 Å². The fourth-order valence-corrected chi connectivity index (χ4v) is 2.63. The molecule has 0 atom stereocenters. The first-order valence-corrected chi connectivity index (χ1v) is 8.74. The van der Waals surface area contributed by atoms with Crippen LogP contribution < -0.4 is 14.8 Å². The molecule has 2 aromatic rings. The molecule has 1 aromatic carbocycles. The maximum Gasteiger partial charge on any atom is 0.244 e. The van der Waals surface area contributed by atoms with Crippen LogP contribution in [0, 0.1) is 0 Å². The lowest BCUT2D eigenvalue weighted by atomic mass is 10.2. The molecule has 1 aromatic heterocycles. The number of nitrogens with one attached hydrogen (secondary N) is 1. The van der Waals surface area contributed by atoms with Gasteiger partial charge in [0, 0.05) is 32.6 Å². The SMILES string of the molecule is CN(Cc1ccc2c(c1)OCCO2)C(=O)CCNC(=O)/C=C/c1ccco1. The van der Waals surface area contributed by atoms with Gasteiger partial charge in [-0.05, 0) is 35.9 Å². The third kappa shape index (κ3) is 5.37. The predicted octanol–water partition coefficient (Wildman–Crippen LogP) is 2.23. The summed E-state index contributed by atoms with van der Waals surface area (Å²) in [6, 6.07) is 9.15. The molecule has 7 nitrogen and oxygen atoms in total. The molecule has 1 aliphatic heterocycles. The number of hydrogen-bond acceptors (Lipinski definition) is 5. The Morgan fingerprint density at radius 3 is 2.78 bits per heavy atom. The lowest BCUT2D eigenvalue weighted by molar-refractivity contribution is -0.130. The van der Waals surface area contributed by atoms with E-state index in [0.717, 1.165) is 11.3 Å². The number of amides is 2. The summed E-state index contributed by atoms with van der Waals surface area (Å²) in [7, 11) is 1.73. The highest BCUT2D eigenvalue weighted by Crippen LogP contribution is 2.31. The maximum atomic E-state index is 12.2. The molecule has 0 fully saturated rings. The Morgan fingerprint density at radius 1 is 1.19 bits per heavy atom. The fraction of sp³-hybridized carbons (Fsp3) is 0.300. The van der Waals surface area contributed by atoms with Crippen molar-refractivity contribution in [1.29, 1.82) is 0 Å². The first-order valence-electron chi connectivity index (χ1n) is 8.74. The molecule has 0 unspecified atom stereocenters. The Kier molecular flexibility index (Phi) is 6.14. The molecule has 7 heteroatoms. The number of carbonyl (C=O) groups is 2. The van der Waals surface area contributed by atoms with E-state index in [1.165, 1.54) is 12.3 Å². The molecule has 0 aliphatic carbocycles. The molecule has 27 heavy (non-hydrogen) atoms. The molecule has 1 N–H and O–H groups in total. The van der Waals surface area contributed by atoms with E-state index in [0.29, 0.717) is 31.3 Å². The van der Waals surface area contributed by atoms with E-state index in [1.807, 2.05) is 18.2 Å². The van der Waals surface area contributed by atoms with Crippen LogP contribution in [0.15, 0.2) is 47.1 Å². The molecule has 0 saturated heterocycles. The minimum atomic E-state index is -0.270. The van der Waals surface area contributed by atoms with Crippen molar-refractivity contribution in [3.05, 3.63) is 54.0 Å². The summed E-state index contributed by atoms with van der Waals surface area (Å²) in [6.07, 6.45) is 4.71. The lowest BCUT2D eigenvalue weighted by Gasteiger charge is -2.21. The van der Waals surface area contributed by atoms with E-state index in [4.69, 9.17) is 13.9 Å². The summed E-state index contributed by atoms with van der Waals surface area (Å²) < 4.78 is 16.2. The zero-order valence-electron chi connectivity index (χ0n) is 15.1. The maximum absolute atomic E-state index is 12.2. The molecule has 3 rings (SSSR count). The minimum Gasteiger partial charge on any atom is -0.486 e. The number of ether oxygens (including phenoxy) is 2. The third-order valence-electron chi connectivity index (χ3n) is 4.03. The molecular formula is C20H22N2O5. The summed E-state index contributed by atoms with van der Waals surface area (Å²) >= 11 is 0. The zero-order valence-corrected chi connectivity index (χ0v) is 15.1. The van der Waals surface area contributed by atoms with Gasteiger partial charge in [0.05, 0.1) is 6.26 Å². The van der Waals surface area contributed by atoms with Gasteiger partial charge in [0.15, 0.2) is 11.5 Å².